The molecule has 3 unspecified atom stereocenters. The Morgan fingerprint density at radius 2 is 1.72 bits per heavy atom. The van der Waals surface area contributed by atoms with Crippen LogP contribution < -0.4 is 20.3 Å². The molecule has 2 bridgehead atoms. The van der Waals surface area contributed by atoms with E-state index >= 15 is 8.78 Å². The number of aromatic nitrogens is 3. The van der Waals surface area contributed by atoms with Gasteiger partial charge in [-0.15, -0.1) is 6.42 Å². The first-order valence-corrected chi connectivity index (χ1v) is 25.8. The SMILES string of the molecule is C#Cc1c(F)ccc2cc(O)cc(-c3ncc4c(N5CC6CCC(C5)N6)nc(OCC5(CN6CCC7(CC6)CC(N6CC=C(c8ccc9c(c8)CN(C8CCC(=O)NC8=O)C9=O)CC6)C7)CC5)nc4c3F)c12. The molecule has 3 amide bonds. The molecule has 2 aliphatic carbocycles. The van der Waals surface area contributed by atoms with Crippen molar-refractivity contribution in [2.24, 2.45) is 10.8 Å². The number of phenols is 1. The lowest BCUT2D eigenvalue weighted by molar-refractivity contribution is -0.136. The summed E-state index contributed by atoms with van der Waals surface area (Å²) in [5, 5.41) is 18.0. The molecule has 13 rings (SSSR count). The highest BCUT2D eigenvalue weighted by Crippen LogP contribution is 2.53. The summed E-state index contributed by atoms with van der Waals surface area (Å²) in [6.07, 6.45) is 20.3. The Morgan fingerprint density at radius 3 is 2.46 bits per heavy atom. The van der Waals surface area contributed by atoms with Gasteiger partial charge in [0.1, 0.15) is 34.6 Å². The third-order valence-corrected chi connectivity index (χ3v) is 17.5. The molecule has 8 aliphatic rings. The smallest absolute Gasteiger partial charge is 0.319 e. The number of rotatable bonds is 10. The number of phenolic OH excluding ortho intramolecular Hbond substituents is 1. The Kier molecular flexibility index (Phi) is 10.9. The van der Waals surface area contributed by atoms with Gasteiger partial charge in [-0.2, -0.15) is 9.97 Å². The van der Waals surface area contributed by atoms with Crippen LogP contribution in [-0.2, 0) is 16.1 Å². The number of hydrogen-bond acceptors (Lipinski definition) is 12. The summed E-state index contributed by atoms with van der Waals surface area (Å²) < 4.78 is 38.8. The van der Waals surface area contributed by atoms with Gasteiger partial charge in [-0.1, -0.05) is 24.1 Å². The lowest BCUT2D eigenvalue weighted by Gasteiger charge is -2.56. The van der Waals surface area contributed by atoms with Gasteiger partial charge in [-0.25, -0.2) is 8.78 Å². The van der Waals surface area contributed by atoms with Crippen molar-refractivity contribution in [1.29, 1.82) is 0 Å². The molecule has 1 spiro atoms. The predicted octanol–water partition coefficient (Wildman–Crippen LogP) is 6.70. The molecular formula is C56H57F2N9O5. The highest BCUT2D eigenvalue weighted by molar-refractivity contribution is 6.06. The molecule has 6 fully saturated rings. The molecule has 5 aromatic rings. The van der Waals surface area contributed by atoms with Crippen LogP contribution in [0.5, 0.6) is 11.8 Å². The first kappa shape index (κ1) is 45.3. The van der Waals surface area contributed by atoms with Crippen LogP contribution in [0.2, 0.25) is 0 Å². The van der Waals surface area contributed by atoms with Gasteiger partial charge in [0, 0.05) is 91.9 Å². The molecule has 8 heterocycles. The maximum atomic E-state index is 17.2. The Hall–Kier alpha value is -6.54. The number of halogens is 2. The number of piperazine rings is 1. The van der Waals surface area contributed by atoms with E-state index in [4.69, 9.17) is 21.1 Å². The minimum Gasteiger partial charge on any atom is -0.508 e. The third kappa shape index (κ3) is 7.95. The molecular weight excluding hydrogens is 917 g/mol. The second-order valence-electron chi connectivity index (χ2n) is 22.1. The van der Waals surface area contributed by atoms with E-state index in [1.54, 1.807) is 11.1 Å². The van der Waals surface area contributed by atoms with Crippen LogP contribution in [-0.4, -0.2) is 129 Å². The summed E-state index contributed by atoms with van der Waals surface area (Å²) in [5.41, 5.74) is 4.46. The molecule has 3 N–H and O–H groups in total. The fourth-order valence-electron chi connectivity index (χ4n) is 13.3. The van der Waals surface area contributed by atoms with Crippen molar-refractivity contribution in [3.8, 4) is 35.4 Å². The van der Waals surface area contributed by atoms with Crippen LogP contribution >= 0.6 is 0 Å². The van der Waals surface area contributed by atoms with Gasteiger partial charge in [0.05, 0.1) is 17.6 Å². The number of pyridine rings is 1. The molecule has 0 radical (unpaired) electrons. The highest BCUT2D eigenvalue weighted by atomic mass is 19.1. The van der Waals surface area contributed by atoms with Gasteiger partial charge < -0.3 is 29.9 Å². The minimum atomic E-state index is -0.723. The molecule has 72 heavy (non-hydrogen) atoms. The molecule has 2 saturated carbocycles. The second kappa shape index (κ2) is 17.3. The number of nitrogens with one attached hydrogen (secondary N) is 2. The van der Waals surface area contributed by atoms with E-state index in [1.165, 1.54) is 55.5 Å². The fourth-order valence-corrected chi connectivity index (χ4v) is 13.3. The van der Waals surface area contributed by atoms with Gasteiger partial charge in [0.25, 0.3) is 5.91 Å². The van der Waals surface area contributed by atoms with Gasteiger partial charge in [0.2, 0.25) is 11.8 Å². The molecule has 4 saturated heterocycles. The normalized spacial score (nSPS) is 24.9. The van der Waals surface area contributed by atoms with Crippen molar-refractivity contribution in [3.63, 3.8) is 0 Å². The summed E-state index contributed by atoms with van der Waals surface area (Å²) in [6, 6.07) is 12.3. The number of ether oxygens (including phenoxy) is 1. The molecule has 3 aromatic carbocycles. The van der Waals surface area contributed by atoms with Crippen LogP contribution in [0, 0.1) is 34.8 Å². The first-order chi connectivity index (χ1) is 34.9. The van der Waals surface area contributed by atoms with Crippen molar-refractivity contribution in [1.82, 2.24) is 40.3 Å². The van der Waals surface area contributed by atoms with Gasteiger partial charge in [-0.05, 0) is 135 Å². The minimum absolute atomic E-state index is 0.0312. The van der Waals surface area contributed by atoms with Crippen LogP contribution in [0.1, 0.15) is 97.7 Å². The largest absolute Gasteiger partial charge is 0.508 e. The van der Waals surface area contributed by atoms with Crippen LogP contribution in [0.15, 0.2) is 54.7 Å². The summed E-state index contributed by atoms with van der Waals surface area (Å²) in [4.78, 5) is 60.8. The van der Waals surface area contributed by atoms with Gasteiger partial charge in [-0.3, -0.25) is 29.6 Å². The Morgan fingerprint density at radius 1 is 0.917 bits per heavy atom. The standard InChI is InChI=1S/C56H57F2N9O5/c1-2-40-44(57)8-4-34-22-39(68)23-42(47(34)40)49-48(58)50-43(26-59-49)51(66-28-36-5-6-37(29-66)60-36)63-54(62-50)72-31-56(13-14-56)30-64-19-15-55(16-20-64)24-38(25-55)65-17-11-32(12-18-65)33-3-7-41-35(21-33)27-67(53(41)71)45-9-10-46(69)61-52(45)70/h1,3-4,7-8,11,21-23,26,36-38,45,60,68H,5-6,9-10,12-20,24-25,27-31H2,(H,61,69,70). The van der Waals surface area contributed by atoms with E-state index in [-0.39, 0.29) is 69.0 Å². The van der Waals surface area contributed by atoms with E-state index in [9.17, 15) is 19.5 Å². The number of carbonyl (C=O) groups is 3. The molecule has 2 aromatic heterocycles. The van der Waals surface area contributed by atoms with E-state index in [0.29, 0.717) is 78.4 Å². The quantitative estimate of drug-likeness (QED) is 0.101. The zero-order chi connectivity index (χ0) is 49.0. The number of likely N-dealkylation sites (tertiary alicyclic amines) is 1. The monoisotopic (exact) mass is 973 g/mol. The van der Waals surface area contributed by atoms with E-state index in [2.05, 4.69) is 48.4 Å². The summed E-state index contributed by atoms with van der Waals surface area (Å²) in [5.74, 6) is 0.706. The number of nitrogens with zero attached hydrogens (tertiary/aromatic N) is 7. The highest BCUT2D eigenvalue weighted by Gasteiger charge is 2.51. The lowest BCUT2D eigenvalue weighted by Crippen LogP contribution is -2.56. The van der Waals surface area contributed by atoms with Crippen LogP contribution in [0.25, 0.3) is 38.5 Å². The number of piperidine rings is 2. The van der Waals surface area contributed by atoms with E-state index in [1.807, 2.05) is 12.1 Å². The number of fused-ring (bicyclic) bond motifs is 5. The van der Waals surface area contributed by atoms with Gasteiger partial charge >= 0.3 is 6.01 Å². The number of aromatic hydroxyl groups is 1. The maximum Gasteiger partial charge on any atom is 0.319 e. The zero-order valence-corrected chi connectivity index (χ0v) is 40.2. The zero-order valence-electron chi connectivity index (χ0n) is 40.2. The Balaban J connectivity index is 0.654. The van der Waals surface area contributed by atoms with E-state index < -0.39 is 17.7 Å². The van der Waals surface area contributed by atoms with Crippen molar-refractivity contribution in [3.05, 3.63) is 88.6 Å². The average Bonchev–Trinajstić information content (AvgIpc) is 3.95. The number of terminal acetylenes is 1. The molecule has 370 valence electrons. The number of benzene rings is 3. The third-order valence-electron chi connectivity index (χ3n) is 17.5. The Labute approximate surface area is 416 Å². The fraction of sp³-hybridized carbons (Fsp3) is 0.464. The number of hydrogen-bond donors (Lipinski definition) is 3. The number of anilines is 1. The topological polar surface area (TPSA) is 156 Å². The molecule has 3 atom stereocenters. The maximum absolute atomic E-state index is 17.2. The van der Waals surface area contributed by atoms with Crippen LogP contribution in [0.4, 0.5) is 14.6 Å². The molecule has 16 heteroatoms. The summed E-state index contributed by atoms with van der Waals surface area (Å²) >= 11 is 0. The predicted molar refractivity (Wildman–Crippen MR) is 267 cm³/mol. The van der Waals surface area contributed by atoms with Crippen LogP contribution in [0.3, 0.4) is 0 Å². The Bertz CT molecular complexity index is 3180. The lowest BCUT2D eigenvalue weighted by atomic mass is 9.60. The van der Waals surface area contributed by atoms with Gasteiger partial charge in [0.15, 0.2) is 5.82 Å². The second-order valence-corrected chi connectivity index (χ2v) is 22.1. The summed E-state index contributed by atoms with van der Waals surface area (Å²) in [6.45, 7) is 7.18. The molecule has 6 aliphatic heterocycles. The average molecular weight is 974 g/mol. The van der Waals surface area contributed by atoms with Crippen molar-refractivity contribution in [2.45, 2.75) is 101 Å². The van der Waals surface area contributed by atoms with E-state index in [0.717, 1.165) is 76.0 Å². The summed E-state index contributed by atoms with van der Waals surface area (Å²) in [7, 11) is 0. The first-order valence-electron chi connectivity index (χ1n) is 25.8. The number of amides is 3. The number of imide groups is 1. The van der Waals surface area contributed by atoms with Crippen molar-refractivity contribution in [2.75, 3.05) is 57.3 Å². The van der Waals surface area contributed by atoms with Crippen molar-refractivity contribution >= 4 is 50.8 Å². The molecule has 14 nitrogen and oxygen atoms in total. The number of carbonyl (C=O) groups excluding carboxylic acids is 3. The van der Waals surface area contributed by atoms with Crippen molar-refractivity contribution < 1.29 is 33.0 Å².